The van der Waals surface area contributed by atoms with Crippen molar-refractivity contribution in [2.75, 3.05) is 39.3 Å². The largest absolute Gasteiger partial charge is 0.465 e. The van der Waals surface area contributed by atoms with Crippen molar-refractivity contribution >= 4 is 11.9 Å². The molecule has 7 heteroatoms. The topological polar surface area (TPSA) is 73.1 Å². The number of likely N-dealkylation sites (tertiary alicyclic amines) is 2. The molecule has 2 N–H and O–H groups in total. The van der Waals surface area contributed by atoms with Crippen LogP contribution in [0.2, 0.25) is 0 Å². The number of hydrogen-bond donors (Lipinski definition) is 2. The first-order valence-corrected chi connectivity index (χ1v) is 12.8. The van der Waals surface area contributed by atoms with Gasteiger partial charge in [-0.1, -0.05) is 19.3 Å². The van der Waals surface area contributed by atoms with Crippen molar-refractivity contribution in [1.29, 1.82) is 0 Å². The Labute approximate surface area is 193 Å². The Morgan fingerprint density at radius 3 is 2.59 bits per heavy atom. The van der Waals surface area contributed by atoms with Crippen molar-refractivity contribution in [3.8, 4) is 0 Å². The number of carbonyl (C=O) groups excluding carboxylic acids is 1. The maximum Gasteiger partial charge on any atom is 0.225 e. The van der Waals surface area contributed by atoms with Crippen molar-refractivity contribution in [1.82, 2.24) is 20.4 Å². The summed E-state index contributed by atoms with van der Waals surface area (Å²) in [7, 11) is 0. The van der Waals surface area contributed by atoms with Gasteiger partial charge >= 0.3 is 0 Å². The normalized spacial score (nSPS) is 24.1. The molecule has 4 rings (SSSR count). The van der Waals surface area contributed by atoms with Crippen LogP contribution in [0.4, 0.5) is 0 Å². The van der Waals surface area contributed by atoms with Gasteiger partial charge in [-0.05, 0) is 71.2 Å². The summed E-state index contributed by atoms with van der Waals surface area (Å²) in [5, 5.41) is 7.01. The van der Waals surface area contributed by atoms with E-state index >= 15 is 0 Å². The van der Waals surface area contributed by atoms with E-state index in [1.807, 2.05) is 13.0 Å². The molecule has 0 aromatic carbocycles. The zero-order valence-corrected chi connectivity index (χ0v) is 19.9. The molecule has 178 valence electrons. The third-order valence-corrected chi connectivity index (χ3v) is 7.23. The smallest absolute Gasteiger partial charge is 0.225 e. The highest BCUT2D eigenvalue weighted by molar-refractivity contribution is 5.81. The second-order valence-electron chi connectivity index (χ2n) is 9.68. The number of amides is 1. The minimum Gasteiger partial charge on any atom is -0.465 e. The molecule has 1 aromatic heterocycles. The van der Waals surface area contributed by atoms with Crippen molar-refractivity contribution < 1.29 is 9.21 Å². The second-order valence-corrected chi connectivity index (χ2v) is 9.68. The van der Waals surface area contributed by atoms with Gasteiger partial charge in [0, 0.05) is 31.6 Å². The Morgan fingerprint density at radius 2 is 1.91 bits per heavy atom. The lowest BCUT2D eigenvalue weighted by Gasteiger charge is -2.27. The molecule has 0 radical (unpaired) electrons. The predicted molar refractivity (Wildman–Crippen MR) is 128 cm³/mol. The lowest BCUT2D eigenvalue weighted by Crippen LogP contribution is -2.46. The highest BCUT2D eigenvalue weighted by Crippen LogP contribution is 2.28. The maximum atomic E-state index is 12.9. The molecule has 0 spiro atoms. The Hall–Kier alpha value is -2.02. The average molecular weight is 444 g/mol. The highest BCUT2D eigenvalue weighted by atomic mass is 16.3. The fourth-order valence-corrected chi connectivity index (χ4v) is 5.45. The summed E-state index contributed by atoms with van der Waals surface area (Å²) in [4.78, 5) is 22.4. The molecule has 1 aliphatic carbocycles. The number of nitrogens with zero attached hydrogens (tertiary/aromatic N) is 3. The van der Waals surface area contributed by atoms with E-state index in [2.05, 4.69) is 33.4 Å². The molecule has 2 unspecified atom stereocenters. The molecular weight excluding hydrogens is 402 g/mol. The van der Waals surface area contributed by atoms with Crippen molar-refractivity contribution in [3.63, 3.8) is 0 Å². The SMILES string of the molecule is CCNC(=NCC(c1ccc(C)o1)N1CCCC1)NC1CCN(C(=O)C2CCCCC2)C1. The van der Waals surface area contributed by atoms with Gasteiger partial charge in [-0.2, -0.15) is 0 Å². The van der Waals surface area contributed by atoms with E-state index in [9.17, 15) is 4.79 Å². The second kappa shape index (κ2) is 11.2. The lowest BCUT2D eigenvalue weighted by molar-refractivity contribution is -0.135. The number of hydrogen-bond acceptors (Lipinski definition) is 4. The first-order chi connectivity index (χ1) is 15.6. The zero-order valence-electron chi connectivity index (χ0n) is 19.9. The minimum absolute atomic E-state index is 0.176. The first-order valence-electron chi connectivity index (χ1n) is 12.8. The monoisotopic (exact) mass is 443 g/mol. The summed E-state index contributed by atoms with van der Waals surface area (Å²) < 4.78 is 5.99. The Balaban J connectivity index is 1.36. The number of aliphatic imine (C=N–C) groups is 1. The first kappa shape index (κ1) is 23.1. The molecular formula is C25H41N5O2. The Bertz CT molecular complexity index is 764. The molecule has 1 saturated carbocycles. The summed E-state index contributed by atoms with van der Waals surface area (Å²) in [6, 6.07) is 4.58. The molecule has 3 fully saturated rings. The highest BCUT2D eigenvalue weighted by Gasteiger charge is 2.32. The molecule has 2 saturated heterocycles. The number of guanidine groups is 1. The van der Waals surface area contributed by atoms with Crippen LogP contribution in [0.3, 0.4) is 0 Å². The third kappa shape index (κ3) is 5.85. The molecule has 1 amide bonds. The van der Waals surface area contributed by atoms with Crippen molar-refractivity contribution in [2.45, 2.75) is 77.3 Å². The van der Waals surface area contributed by atoms with Gasteiger partial charge in [0.05, 0.1) is 12.6 Å². The van der Waals surface area contributed by atoms with E-state index in [4.69, 9.17) is 9.41 Å². The maximum absolute atomic E-state index is 12.9. The number of nitrogens with one attached hydrogen (secondary N) is 2. The number of aryl methyl sites for hydroxylation is 1. The molecule has 3 aliphatic rings. The number of furan rings is 1. The quantitative estimate of drug-likeness (QED) is 0.499. The van der Waals surface area contributed by atoms with E-state index in [1.165, 1.54) is 32.1 Å². The lowest BCUT2D eigenvalue weighted by atomic mass is 9.88. The van der Waals surface area contributed by atoms with Gasteiger partial charge in [0.2, 0.25) is 5.91 Å². The summed E-state index contributed by atoms with van der Waals surface area (Å²) in [5.41, 5.74) is 0. The van der Waals surface area contributed by atoms with Crippen LogP contribution >= 0.6 is 0 Å². The van der Waals surface area contributed by atoms with E-state index in [0.717, 1.165) is 69.5 Å². The molecule has 2 aliphatic heterocycles. The summed E-state index contributed by atoms with van der Waals surface area (Å²) in [5.74, 6) is 3.43. The third-order valence-electron chi connectivity index (χ3n) is 7.23. The van der Waals surface area contributed by atoms with E-state index in [0.29, 0.717) is 12.5 Å². The van der Waals surface area contributed by atoms with Gasteiger partial charge in [0.15, 0.2) is 5.96 Å². The van der Waals surface area contributed by atoms with E-state index in [-0.39, 0.29) is 18.0 Å². The van der Waals surface area contributed by atoms with Gasteiger partial charge in [0.25, 0.3) is 0 Å². The Kier molecular flexibility index (Phi) is 8.11. The fourth-order valence-electron chi connectivity index (χ4n) is 5.45. The molecule has 3 heterocycles. The standard InChI is InChI=1S/C25H41N5O2/c1-3-26-25(27-17-22(29-14-7-8-15-29)23-12-11-19(2)32-23)28-21-13-16-30(18-21)24(31)20-9-5-4-6-10-20/h11-12,20-22H,3-10,13-18H2,1-2H3,(H2,26,27,28). The predicted octanol–water partition coefficient (Wildman–Crippen LogP) is 3.46. The molecule has 2 atom stereocenters. The van der Waals surface area contributed by atoms with Crippen molar-refractivity contribution in [3.05, 3.63) is 23.7 Å². The van der Waals surface area contributed by atoms with Crippen LogP contribution in [0.1, 0.15) is 75.9 Å². The van der Waals surface area contributed by atoms with E-state index in [1.54, 1.807) is 0 Å². The molecule has 1 aromatic rings. The van der Waals surface area contributed by atoms with Crippen LogP contribution in [0.15, 0.2) is 21.5 Å². The van der Waals surface area contributed by atoms with Gasteiger partial charge in [-0.25, -0.2) is 0 Å². The van der Waals surface area contributed by atoms with Gasteiger partial charge in [-0.15, -0.1) is 0 Å². The zero-order chi connectivity index (χ0) is 22.3. The Morgan fingerprint density at radius 1 is 1.12 bits per heavy atom. The van der Waals surface area contributed by atoms with Crippen LogP contribution in [0, 0.1) is 12.8 Å². The van der Waals surface area contributed by atoms with Crippen LogP contribution in [-0.2, 0) is 4.79 Å². The van der Waals surface area contributed by atoms with Gasteiger partial charge in [-0.3, -0.25) is 14.7 Å². The molecule has 32 heavy (non-hydrogen) atoms. The van der Waals surface area contributed by atoms with Crippen molar-refractivity contribution in [2.24, 2.45) is 10.9 Å². The van der Waals surface area contributed by atoms with Crippen LogP contribution in [0.25, 0.3) is 0 Å². The summed E-state index contributed by atoms with van der Waals surface area (Å²) >= 11 is 0. The van der Waals surface area contributed by atoms with E-state index < -0.39 is 0 Å². The number of carbonyl (C=O) groups is 1. The van der Waals surface area contributed by atoms with Gasteiger partial charge in [0.1, 0.15) is 11.5 Å². The molecule has 7 nitrogen and oxygen atoms in total. The van der Waals surface area contributed by atoms with Crippen LogP contribution in [-0.4, -0.2) is 67.0 Å². The summed E-state index contributed by atoms with van der Waals surface area (Å²) in [6.45, 7) is 9.42. The van der Waals surface area contributed by atoms with Crippen LogP contribution < -0.4 is 10.6 Å². The molecule has 0 bridgehead atoms. The fraction of sp³-hybridized carbons (Fsp3) is 0.760. The minimum atomic E-state index is 0.176. The number of rotatable bonds is 7. The van der Waals surface area contributed by atoms with Gasteiger partial charge < -0.3 is 20.0 Å². The average Bonchev–Trinajstić information content (AvgIpc) is 3.57. The van der Waals surface area contributed by atoms with Crippen LogP contribution in [0.5, 0.6) is 0 Å². The summed E-state index contributed by atoms with van der Waals surface area (Å²) in [6.07, 6.45) is 9.30.